The van der Waals surface area contributed by atoms with Crippen molar-refractivity contribution < 1.29 is 19.5 Å². The fraction of sp³-hybridized carbons (Fsp3) is 0.298. The number of hydrogen-bond donors (Lipinski definition) is 3. The average molecular weight is 791 g/mol. The Kier molecular flexibility index (Phi) is 11.3. The number of likely N-dealkylation sites (tertiary alicyclic amines) is 2. The van der Waals surface area contributed by atoms with Crippen molar-refractivity contribution in [2.45, 2.75) is 49.9 Å². The summed E-state index contributed by atoms with van der Waals surface area (Å²) < 4.78 is 0. The van der Waals surface area contributed by atoms with Gasteiger partial charge in [-0.15, -0.1) is 0 Å². The molecule has 2 aromatic heterocycles. The number of aromatic nitrogens is 4. The molecule has 4 aromatic carbocycles. The first-order chi connectivity index (χ1) is 28.6. The number of rotatable bonds is 12. The predicted molar refractivity (Wildman–Crippen MR) is 227 cm³/mol. The van der Waals surface area contributed by atoms with Crippen LogP contribution in [0.3, 0.4) is 0 Å². The summed E-state index contributed by atoms with van der Waals surface area (Å²) in [7, 11) is 7.67. The second-order valence-corrected chi connectivity index (χ2v) is 15.9. The number of carboxylic acid groups (broad SMARTS) is 1. The quantitative estimate of drug-likeness (QED) is 0.114. The molecule has 0 aliphatic carbocycles. The molecule has 8 rings (SSSR count). The first-order valence-electron chi connectivity index (χ1n) is 20.2. The van der Waals surface area contributed by atoms with Crippen molar-refractivity contribution in [2.24, 2.45) is 0 Å². The van der Waals surface area contributed by atoms with E-state index in [9.17, 15) is 19.5 Å². The van der Waals surface area contributed by atoms with Crippen molar-refractivity contribution in [1.82, 2.24) is 39.5 Å². The Hall–Kier alpha value is -6.37. The molecular formula is C47H50N8O4. The third-order valence-corrected chi connectivity index (χ3v) is 11.7. The number of H-pyrrole nitrogens is 2. The molecule has 2 fully saturated rings. The smallest absolute Gasteiger partial charge is 0.354 e. The summed E-state index contributed by atoms with van der Waals surface area (Å²) in [5.74, 6) is 0.201. The molecule has 12 heteroatoms. The van der Waals surface area contributed by atoms with Gasteiger partial charge in [-0.3, -0.25) is 19.4 Å². The van der Waals surface area contributed by atoms with Crippen LogP contribution < -0.4 is 0 Å². The minimum absolute atomic E-state index is 0.00125. The molecule has 2 aliphatic heterocycles. The van der Waals surface area contributed by atoms with Gasteiger partial charge in [-0.1, -0.05) is 109 Å². The summed E-state index contributed by atoms with van der Waals surface area (Å²) in [4.78, 5) is 64.3. The molecule has 59 heavy (non-hydrogen) atoms. The molecule has 6 aromatic rings. The lowest BCUT2D eigenvalue weighted by Crippen LogP contribution is -2.40. The van der Waals surface area contributed by atoms with Crippen LogP contribution in [-0.2, 0) is 9.59 Å². The maximum absolute atomic E-state index is 14.0. The monoisotopic (exact) mass is 790 g/mol. The Morgan fingerprint density at radius 1 is 0.627 bits per heavy atom. The number of carbonyl (C=O) groups excluding carboxylic acids is 2. The minimum Gasteiger partial charge on any atom is -0.477 e. The Balaban J connectivity index is 0.973. The molecule has 0 bridgehead atoms. The highest BCUT2D eigenvalue weighted by Crippen LogP contribution is 2.38. The van der Waals surface area contributed by atoms with E-state index in [0.29, 0.717) is 36.6 Å². The normalized spacial score (nSPS) is 17.8. The summed E-state index contributed by atoms with van der Waals surface area (Å²) >= 11 is 0. The van der Waals surface area contributed by atoms with Gasteiger partial charge in [0.2, 0.25) is 11.8 Å². The number of aromatic carboxylic acids is 1. The highest BCUT2D eigenvalue weighted by Gasteiger charge is 2.39. The van der Waals surface area contributed by atoms with Crippen LogP contribution in [0.1, 0.15) is 83.1 Å². The molecule has 2 aliphatic rings. The lowest BCUT2D eigenvalue weighted by atomic mass is 10.0. The number of benzene rings is 4. The van der Waals surface area contributed by atoms with Gasteiger partial charge in [0.1, 0.15) is 29.4 Å². The van der Waals surface area contributed by atoms with Crippen molar-refractivity contribution in [3.63, 3.8) is 0 Å². The van der Waals surface area contributed by atoms with Gasteiger partial charge in [-0.2, -0.15) is 0 Å². The van der Waals surface area contributed by atoms with Gasteiger partial charge in [-0.25, -0.2) is 14.8 Å². The first kappa shape index (κ1) is 39.5. The van der Waals surface area contributed by atoms with Crippen LogP contribution in [0.5, 0.6) is 0 Å². The van der Waals surface area contributed by atoms with Gasteiger partial charge in [-0.05, 0) is 81.7 Å². The zero-order valence-electron chi connectivity index (χ0n) is 33.9. The third-order valence-electron chi connectivity index (χ3n) is 11.7. The van der Waals surface area contributed by atoms with Gasteiger partial charge < -0.3 is 24.9 Å². The Labute approximate surface area is 344 Å². The number of amides is 2. The fourth-order valence-electron chi connectivity index (χ4n) is 8.77. The maximum atomic E-state index is 14.0. The van der Waals surface area contributed by atoms with E-state index in [-0.39, 0.29) is 35.6 Å². The van der Waals surface area contributed by atoms with Crippen LogP contribution in [0.25, 0.3) is 33.6 Å². The number of aromatic amines is 2. The summed E-state index contributed by atoms with van der Waals surface area (Å²) in [6.07, 6.45) is 5.09. The maximum Gasteiger partial charge on any atom is 0.354 e. The standard InChI is InChI=1S/C47H50N8O4/c1-52(2)41(34-13-7-5-8-14-34)45(56)54-27-11-17-37(54)43-48-29-36(49-43)32-23-19-30(20-24-32)31-21-25-33(26-22-31)39-40(47(58)59)51-44(50-39)38-18-12-28-55(38)46(57)42(53(3)4)35-15-9-6-10-16-35/h5-10,13-16,19-26,29,37-38,41-42H,11-12,17-18,27-28H2,1-4H3,(H,48,49)(H,50,51)(H,58,59)/t37-,38-,41+,42+/m0/s1. The number of carboxylic acids is 1. The van der Waals surface area contributed by atoms with Crippen molar-refractivity contribution in [2.75, 3.05) is 41.3 Å². The average Bonchev–Trinajstić information content (AvgIpc) is 4.08. The SMILES string of the molecule is CN(C)[C@@H](C(=O)N1CCC[C@H]1c1ncc(-c2ccc(-c3ccc(-c4nc([C@@H]5CCCN5C(=O)[C@@H](c5ccccc5)N(C)C)[nH]c4C(=O)O)cc3)cc2)[nH]1)c1ccccc1. The molecule has 0 unspecified atom stereocenters. The van der Waals surface area contributed by atoms with Crippen molar-refractivity contribution in [1.29, 1.82) is 0 Å². The highest BCUT2D eigenvalue weighted by molar-refractivity contribution is 5.93. The zero-order valence-corrected chi connectivity index (χ0v) is 33.9. The molecule has 0 saturated carbocycles. The van der Waals surface area contributed by atoms with E-state index in [0.717, 1.165) is 58.6 Å². The predicted octanol–water partition coefficient (Wildman–Crippen LogP) is 7.76. The molecule has 2 saturated heterocycles. The van der Waals surface area contributed by atoms with E-state index in [2.05, 4.69) is 22.1 Å². The molecule has 0 radical (unpaired) electrons. The van der Waals surface area contributed by atoms with Gasteiger partial charge in [0, 0.05) is 18.7 Å². The molecule has 302 valence electrons. The van der Waals surface area contributed by atoms with Crippen LogP contribution in [0.15, 0.2) is 115 Å². The highest BCUT2D eigenvalue weighted by atomic mass is 16.4. The number of nitrogens with zero attached hydrogens (tertiary/aromatic N) is 6. The number of carbonyl (C=O) groups is 3. The molecule has 0 spiro atoms. The van der Waals surface area contributed by atoms with Crippen LogP contribution in [0.4, 0.5) is 0 Å². The Bertz CT molecular complexity index is 2410. The number of imidazole rings is 2. The number of nitrogens with one attached hydrogen (secondary N) is 2. The van der Waals surface area contributed by atoms with Crippen molar-refractivity contribution >= 4 is 17.8 Å². The lowest BCUT2D eigenvalue weighted by molar-refractivity contribution is -0.138. The van der Waals surface area contributed by atoms with E-state index in [1.54, 1.807) is 0 Å². The number of hydrogen-bond acceptors (Lipinski definition) is 7. The lowest BCUT2D eigenvalue weighted by Gasteiger charge is -2.31. The minimum atomic E-state index is -1.11. The Morgan fingerprint density at radius 3 is 1.56 bits per heavy atom. The molecular weight excluding hydrogens is 741 g/mol. The van der Waals surface area contributed by atoms with E-state index in [1.165, 1.54) is 0 Å². The third kappa shape index (κ3) is 7.93. The molecule has 2 amide bonds. The zero-order chi connectivity index (χ0) is 41.2. The number of likely N-dealkylation sites (N-methyl/N-ethyl adjacent to an activating group) is 2. The fourth-order valence-corrected chi connectivity index (χ4v) is 8.77. The van der Waals surface area contributed by atoms with E-state index < -0.39 is 12.0 Å². The van der Waals surface area contributed by atoms with E-state index in [4.69, 9.17) is 9.97 Å². The largest absolute Gasteiger partial charge is 0.477 e. The first-order valence-corrected chi connectivity index (χ1v) is 20.2. The van der Waals surface area contributed by atoms with Crippen molar-refractivity contribution in [3.8, 4) is 33.6 Å². The van der Waals surface area contributed by atoms with Crippen LogP contribution in [0, 0.1) is 0 Å². The van der Waals surface area contributed by atoms with E-state index >= 15 is 0 Å². The molecule has 12 nitrogen and oxygen atoms in total. The topological polar surface area (TPSA) is 142 Å². The van der Waals surface area contributed by atoms with Gasteiger partial charge >= 0.3 is 5.97 Å². The molecule has 4 heterocycles. The second-order valence-electron chi connectivity index (χ2n) is 15.9. The summed E-state index contributed by atoms with van der Waals surface area (Å²) in [6, 6.07) is 34.2. The molecule has 3 N–H and O–H groups in total. The summed E-state index contributed by atoms with van der Waals surface area (Å²) in [5, 5.41) is 10.2. The van der Waals surface area contributed by atoms with Gasteiger partial charge in [0.25, 0.3) is 0 Å². The molecule has 4 atom stereocenters. The van der Waals surface area contributed by atoms with Gasteiger partial charge in [0.05, 0.1) is 24.0 Å². The van der Waals surface area contributed by atoms with Crippen LogP contribution >= 0.6 is 0 Å². The van der Waals surface area contributed by atoms with Crippen molar-refractivity contribution in [3.05, 3.63) is 144 Å². The van der Waals surface area contributed by atoms with Gasteiger partial charge in [0.15, 0.2) is 5.69 Å². The van der Waals surface area contributed by atoms with E-state index in [1.807, 2.05) is 151 Å². The summed E-state index contributed by atoms with van der Waals surface area (Å²) in [5.41, 5.74) is 6.71. The second kappa shape index (κ2) is 16.8. The summed E-state index contributed by atoms with van der Waals surface area (Å²) in [6.45, 7) is 1.26. The van der Waals surface area contributed by atoms with Crippen LogP contribution in [0.2, 0.25) is 0 Å². The van der Waals surface area contributed by atoms with Crippen LogP contribution in [-0.4, -0.2) is 104 Å². The Morgan fingerprint density at radius 2 is 1.08 bits per heavy atom.